The van der Waals surface area contributed by atoms with Crippen LogP contribution in [0.5, 0.6) is 0 Å². The Labute approximate surface area is 91.2 Å². The van der Waals surface area contributed by atoms with Gasteiger partial charge < -0.3 is 4.74 Å². The molecule has 0 bridgehead atoms. The van der Waals surface area contributed by atoms with E-state index in [1.54, 1.807) is 0 Å². The number of hydrogen-bond donors (Lipinski definition) is 0. The van der Waals surface area contributed by atoms with Crippen LogP contribution in [0.1, 0.15) is 46.5 Å². The highest BCUT2D eigenvalue weighted by Crippen LogP contribution is 2.35. The van der Waals surface area contributed by atoms with Gasteiger partial charge in [0.15, 0.2) is 0 Å². The molecule has 0 aromatic rings. The molecular weight excluding hydrogens is 192 g/mol. The summed E-state index contributed by atoms with van der Waals surface area (Å²) in [6, 6.07) is 0. The van der Waals surface area contributed by atoms with Gasteiger partial charge in [0.05, 0.1) is 12.0 Å². The van der Waals surface area contributed by atoms with Crippen LogP contribution in [0.4, 0.5) is 0 Å². The average Bonchev–Trinajstić information content (AvgIpc) is 2.19. The quantitative estimate of drug-likeness (QED) is 0.674. The van der Waals surface area contributed by atoms with E-state index in [9.17, 15) is 9.59 Å². The van der Waals surface area contributed by atoms with Crippen molar-refractivity contribution in [3.63, 3.8) is 0 Å². The zero-order valence-electron chi connectivity index (χ0n) is 9.84. The second-order valence-electron chi connectivity index (χ2n) is 5.09. The largest absolute Gasteiger partial charge is 0.465 e. The van der Waals surface area contributed by atoms with Crippen molar-refractivity contribution in [1.82, 2.24) is 0 Å². The molecule has 0 spiro atoms. The van der Waals surface area contributed by atoms with Crippen LogP contribution in [-0.2, 0) is 14.3 Å². The molecule has 0 aromatic carbocycles. The van der Waals surface area contributed by atoms with Gasteiger partial charge in [-0.3, -0.25) is 9.59 Å². The van der Waals surface area contributed by atoms with E-state index < -0.39 is 5.41 Å². The molecule has 0 heterocycles. The molecule has 86 valence electrons. The van der Waals surface area contributed by atoms with Gasteiger partial charge in [0.2, 0.25) is 0 Å². The van der Waals surface area contributed by atoms with E-state index in [0.717, 1.165) is 0 Å². The summed E-state index contributed by atoms with van der Waals surface area (Å²) in [6.07, 6.45) is 2.33. The minimum Gasteiger partial charge on any atom is -0.465 e. The van der Waals surface area contributed by atoms with Gasteiger partial charge >= 0.3 is 5.97 Å². The fourth-order valence-electron chi connectivity index (χ4n) is 1.70. The third-order valence-corrected chi connectivity index (χ3v) is 2.95. The van der Waals surface area contributed by atoms with Crippen LogP contribution < -0.4 is 0 Å². The summed E-state index contributed by atoms with van der Waals surface area (Å²) in [4.78, 5) is 22.9. The van der Waals surface area contributed by atoms with Crippen LogP contribution in [0, 0.1) is 11.3 Å². The molecule has 0 saturated heterocycles. The topological polar surface area (TPSA) is 43.4 Å². The molecule has 3 nitrogen and oxygen atoms in total. The van der Waals surface area contributed by atoms with Gasteiger partial charge in [-0.25, -0.2) is 0 Å². The lowest BCUT2D eigenvalue weighted by Crippen LogP contribution is -2.35. The lowest BCUT2D eigenvalue weighted by molar-refractivity contribution is -0.158. The smallest absolute Gasteiger partial charge is 0.311 e. The number of Topliss-reactive ketones (excluding diaryl/α,β-unsaturated/α-hetero) is 1. The highest BCUT2D eigenvalue weighted by molar-refractivity contribution is 5.84. The second kappa shape index (κ2) is 4.77. The van der Waals surface area contributed by atoms with Gasteiger partial charge in [-0.2, -0.15) is 0 Å². The first-order chi connectivity index (χ1) is 6.94. The average molecular weight is 212 g/mol. The molecule has 0 unspecified atom stereocenters. The predicted molar refractivity (Wildman–Crippen MR) is 57.4 cm³/mol. The van der Waals surface area contributed by atoms with Crippen LogP contribution in [0.3, 0.4) is 0 Å². The molecule has 1 aliphatic rings. The molecule has 0 aromatic heterocycles. The molecule has 0 amide bonds. The van der Waals surface area contributed by atoms with Crippen LogP contribution in [0.2, 0.25) is 0 Å². The van der Waals surface area contributed by atoms with Crippen molar-refractivity contribution in [2.24, 2.45) is 11.3 Å². The molecule has 0 aliphatic heterocycles. The fraction of sp³-hybridized carbons (Fsp3) is 0.833. The van der Waals surface area contributed by atoms with Crippen molar-refractivity contribution >= 4 is 11.8 Å². The Morgan fingerprint density at radius 3 is 2.40 bits per heavy atom. The van der Waals surface area contributed by atoms with E-state index >= 15 is 0 Å². The van der Waals surface area contributed by atoms with E-state index in [1.165, 1.54) is 0 Å². The normalized spacial score (nSPS) is 20.4. The number of ether oxygens (including phenoxy) is 1. The maximum Gasteiger partial charge on any atom is 0.311 e. The van der Waals surface area contributed by atoms with Gasteiger partial charge in [0, 0.05) is 12.8 Å². The SMILES string of the molecule is CC(C)COC(=O)C1(C)CCC(=O)CC1. The summed E-state index contributed by atoms with van der Waals surface area (Å²) in [5, 5.41) is 0. The number of rotatable bonds is 3. The zero-order chi connectivity index (χ0) is 11.5. The minimum absolute atomic E-state index is 0.135. The Morgan fingerprint density at radius 1 is 1.40 bits per heavy atom. The van der Waals surface area contributed by atoms with Gasteiger partial charge in [-0.15, -0.1) is 0 Å². The summed E-state index contributed by atoms with van der Waals surface area (Å²) in [5.74, 6) is 0.496. The summed E-state index contributed by atoms with van der Waals surface area (Å²) >= 11 is 0. The minimum atomic E-state index is -0.428. The van der Waals surface area contributed by atoms with Crippen LogP contribution >= 0.6 is 0 Å². The molecule has 0 radical (unpaired) electrons. The molecule has 15 heavy (non-hydrogen) atoms. The standard InChI is InChI=1S/C12H20O3/c1-9(2)8-15-11(14)12(3)6-4-10(13)5-7-12/h9H,4-8H2,1-3H3. The maximum atomic E-state index is 11.8. The lowest BCUT2D eigenvalue weighted by Gasteiger charge is -2.30. The summed E-state index contributed by atoms with van der Waals surface area (Å²) in [7, 11) is 0. The number of esters is 1. The molecule has 1 rings (SSSR count). The van der Waals surface area contributed by atoms with E-state index in [0.29, 0.717) is 38.2 Å². The Kier molecular flexibility index (Phi) is 3.89. The van der Waals surface area contributed by atoms with Gasteiger partial charge in [0.25, 0.3) is 0 Å². The van der Waals surface area contributed by atoms with E-state index in [4.69, 9.17) is 4.74 Å². The Bertz CT molecular complexity index is 246. The molecule has 3 heteroatoms. The van der Waals surface area contributed by atoms with Gasteiger partial charge in [0.1, 0.15) is 5.78 Å². The third kappa shape index (κ3) is 3.33. The number of carbonyl (C=O) groups is 2. The first-order valence-corrected chi connectivity index (χ1v) is 5.63. The van der Waals surface area contributed by atoms with E-state index in [2.05, 4.69) is 0 Å². The van der Waals surface area contributed by atoms with E-state index in [-0.39, 0.29) is 11.8 Å². The Balaban J connectivity index is 2.47. The Hall–Kier alpha value is -0.860. The van der Waals surface area contributed by atoms with Crippen LogP contribution in [0.25, 0.3) is 0 Å². The first-order valence-electron chi connectivity index (χ1n) is 5.63. The zero-order valence-corrected chi connectivity index (χ0v) is 9.84. The molecule has 0 N–H and O–H groups in total. The van der Waals surface area contributed by atoms with Crippen molar-refractivity contribution < 1.29 is 14.3 Å². The predicted octanol–water partition coefficient (Wildman–Crippen LogP) is 2.33. The first kappa shape index (κ1) is 12.2. The monoisotopic (exact) mass is 212 g/mol. The van der Waals surface area contributed by atoms with Crippen molar-refractivity contribution in [3.05, 3.63) is 0 Å². The lowest BCUT2D eigenvalue weighted by atomic mass is 9.75. The third-order valence-electron chi connectivity index (χ3n) is 2.95. The molecule has 1 aliphatic carbocycles. The summed E-state index contributed by atoms with van der Waals surface area (Å²) in [6.45, 7) is 6.41. The van der Waals surface area contributed by atoms with Crippen molar-refractivity contribution in [2.75, 3.05) is 6.61 Å². The van der Waals surface area contributed by atoms with Crippen molar-refractivity contribution in [2.45, 2.75) is 46.5 Å². The number of carbonyl (C=O) groups excluding carboxylic acids is 2. The Morgan fingerprint density at radius 2 is 1.93 bits per heavy atom. The molecule has 0 atom stereocenters. The van der Waals surface area contributed by atoms with Crippen molar-refractivity contribution in [1.29, 1.82) is 0 Å². The van der Waals surface area contributed by atoms with Crippen LogP contribution in [-0.4, -0.2) is 18.4 Å². The summed E-state index contributed by atoms with van der Waals surface area (Å²) in [5.41, 5.74) is -0.428. The highest BCUT2D eigenvalue weighted by atomic mass is 16.5. The van der Waals surface area contributed by atoms with E-state index in [1.807, 2.05) is 20.8 Å². The number of ketones is 1. The summed E-state index contributed by atoms with van der Waals surface area (Å²) < 4.78 is 5.23. The van der Waals surface area contributed by atoms with Gasteiger partial charge in [-0.1, -0.05) is 13.8 Å². The molecule has 1 saturated carbocycles. The van der Waals surface area contributed by atoms with Crippen molar-refractivity contribution in [3.8, 4) is 0 Å². The van der Waals surface area contributed by atoms with Gasteiger partial charge in [-0.05, 0) is 25.7 Å². The molecule has 1 fully saturated rings. The van der Waals surface area contributed by atoms with Crippen LogP contribution in [0.15, 0.2) is 0 Å². The maximum absolute atomic E-state index is 11.8. The second-order valence-corrected chi connectivity index (χ2v) is 5.09. The highest BCUT2D eigenvalue weighted by Gasteiger charge is 2.38. The fourth-order valence-corrected chi connectivity index (χ4v) is 1.70. The number of hydrogen-bond acceptors (Lipinski definition) is 3. The molecular formula is C12H20O3.